The number of benzene rings is 1. The number of amides is 1. The summed E-state index contributed by atoms with van der Waals surface area (Å²) in [6.07, 6.45) is 8.65. The van der Waals surface area contributed by atoms with E-state index in [9.17, 15) is 4.79 Å². The summed E-state index contributed by atoms with van der Waals surface area (Å²) in [5.74, 6) is 0.749. The Morgan fingerprint density at radius 3 is 2.94 bits per heavy atom. The maximum atomic E-state index is 13.0. The van der Waals surface area contributed by atoms with Crippen molar-refractivity contribution in [2.75, 3.05) is 18.4 Å². The second-order valence-corrected chi connectivity index (χ2v) is 8.74. The number of ether oxygens (including phenoxy) is 1. The highest BCUT2D eigenvalue weighted by atomic mass is 35.5. The maximum Gasteiger partial charge on any atom is 0.255 e. The van der Waals surface area contributed by atoms with Crippen LogP contribution in [-0.2, 0) is 35.3 Å². The molecule has 0 bridgehead atoms. The lowest BCUT2D eigenvalue weighted by Crippen LogP contribution is -2.53. The zero-order chi connectivity index (χ0) is 21.4. The van der Waals surface area contributed by atoms with Crippen molar-refractivity contribution in [3.05, 3.63) is 65.5 Å². The highest BCUT2D eigenvalue weighted by Crippen LogP contribution is 2.40. The van der Waals surface area contributed by atoms with E-state index in [0.29, 0.717) is 17.3 Å². The van der Waals surface area contributed by atoms with Gasteiger partial charge in [-0.1, -0.05) is 17.7 Å². The van der Waals surface area contributed by atoms with Gasteiger partial charge in [0.25, 0.3) is 5.91 Å². The van der Waals surface area contributed by atoms with E-state index in [1.165, 1.54) is 5.56 Å². The normalized spacial score (nSPS) is 20.5. The number of carbonyl (C=O) groups is 1. The van der Waals surface area contributed by atoms with Gasteiger partial charge in [0.05, 0.1) is 12.7 Å². The number of halogens is 1. The van der Waals surface area contributed by atoms with Crippen molar-refractivity contribution >= 4 is 23.2 Å². The number of hydrogen-bond acceptors (Lipinski definition) is 5. The number of aromatic nitrogens is 4. The maximum absolute atomic E-state index is 13.0. The minimum absolute atomic E-state index is 0.168. The van der Waals surface area contributed by atoms with Crippen LogP contribution in [0.2, 0.25) is 5.02 Å². The van der Waals surface area contributed by atoms with Gasteiger partial charge in [-0.15, -0.1) is 0 Å². The van der Waals surface area contributed by atoms with Gasteiger partial charge in [-0.2, -0.15) is 5.10 Å². The van der Waals surface area contributed by atoms with Gasteiger partial charge in [-0.25, -0.2) is 4.98 Å². The molecule has 3 aromatic rings. The molecule has 1 aromatic carbocycles. The lowest BCUT2D eigenvalue weighted by atomic mass is 9.88. The fourth-order valence-electron chi connectivity index (χ4n) is 4.55. The average molecular weight is 441 g/mol. The summed E-state index contributed by atoms with van der Waals surface area (Å²) in [6, 6.07) is 7.15. The van der Waals surface area contributed by atoms with Gasteiger partial charge in [-0.3, -0.25) is 14.4 Å². The zero-order valence-corrected chi connectivity index (χ0v) is 18.1. The molecule has 1 unspecified atom stereocenters. The molecule has 31 heavy (non-hydrogen) atoms. The van der Waals surface area contributed by atoms with E-state index in [1.54, 1.807) is 18.3 Å². The quantitative estimate of drug-likeness (QED) is 0.675. The number of anilines is 1. The summed E-state index contributed by atoms with van der Waals surface area (Å²) in [5.41, 5.74) is 1.31. The van der Waals surface area contributed by atoms with Crippen LogP contribution in [-0.4, -0.2) is 49.3 Å². The first-order chi connectivity index (χ1) is 15.0. The van der Waals surface area contributed by atoms with Gasteiger partial charge in [-0.05, 0) is 31.0 Å². The van der Waals surface area contributed by atoms with Crippen LogP contribution in [0.15, 0.2) is 49.1 Å². The highest BCUT2D eigenvalue weighted by molar-refractivity contribution is 6.30. The predicted molar refractivity (Wildman–Crippen MR) is 117 cm³/mol. The van der Waals surface area contributed by atoms with Gasteiger partial charge in [0, 0.05) is 61.5 Å². The molecule has 2 aromatic heterocycles. The van der Waals surface area contributed by atoms with Crippen molar-refractivity contribution < 1.29 is 9.53 Å². The van der Waals surface area contributed by atoms with Crippen LogP contribution in [0.25, 0.3) is 0 Å². The fraction of sp³-hybridized carbons (Fsp3) is 0.409. The molecule has 0 saturated carbocycles. The molecule has 1 saturated heterocycles. The Balaban J connectivity index is 1.30. The van der Waals surface area contributed by atoms with E-state index in [1.807, 2.05) is 42.5 Å². The van der Waals surface area contributed by atoms with Crippen molar-refractivity contribution in [2.45, 2.75) is 37.6 Å². The molecule has 1 fully saturated rings. The number of nitrogens with zero attached hydrogens (tertiary/aromatic N) is 5. The summed E-state index contributed by atoms with van der Waals surface area (Å²) in [5, 5.41) is 7.78. The summed E-state index contributed by atoms with van der Waals surface area (Å²) >= 11 is 6.05. The molecule has 1 N–H and O–H groups in total. The molecule has 1 amide bonds. The number of piperidine rings is 1. The molecule has 0 aliphatic carbocycles. The van der Waals surface area contributed by atoms with Crippen molar-refractivity contribution in [3.8, 4) is 0 Å². The lowest BCUT2D eigenvalue weighted by molar-refractivity contribution is -0.170. The second kappa shape index (κ2) is 8.11. The van der Waals surface area contributed by atoms with E-state index < -0.39 is 11.7 Å². The highest BCUT2D eigenvalue weighted by Gasteiger charge is 2.47. The van der Waals surface area contributed by atoms with Crippen LogP contribution in [0, 0.1) is 0 Å². The molecule has 1 spiro atoms. The van der Waals surface area contributed by atoms with E-state index in [-0.39, 0.29) is 5.91 Å². The Labute approximate surface area is 185 Å². The van der Waals surface area contributed by atoms with Gasteiger partial charge in [0.2, 0.25) is 0 Å². The van der Waals surface area contributed by atoms with Gasteiger partial charge >= 0.3 is 0 Å². The van der Waals surface area contributed by atoms with E-state index in [4.69, 9.17) is 16.3 Å². The zero-order valence-electron chi connectivity index (χ0n) is 17.4. The van der Waals surface area contributed by atoms with Crippen molar-refractivity contribution in [3.63, 3.8) is 0 Å². The number of carbonyl (C=O) groups excluding carboxylic acids is 1. The SMILES string of the molecule is Cn1cc(CN2CCC3(CC2)OC(C(=O)Nc2cccc(Cl)c2)Cn2ccnc23)cn1. The molecule has 9 heteroatoms. The topological polar surface area (TPSA) is 77.2 Å². The summed E-state index contributed by atoms with van der Waals surface area (Å²) < 4.78 is 10.4. The Kier molecular flexibility index (Phi) is 5.29. The van der Waals surface area contributed by atoms with Gasteiger partial charge < -0.3 is 14.6 Å². The Bertz CT molecular complexity index is 1090. The van der Waals surface area contributed by atoms with Gasteiger partial charge in [0.15, 0.2) is 6.10 Å². The molecular formula is C22H25ClN6O2. The van der Waals surface area contributed by atoms with E-state index >= 15 is 0 Å². The van der Waals surface area contributed by atoms with Crippen molar-refractivity contribution in [1.29, 1.82) is 0 Å². The number of nitrogens with one attached hydrogen (secondary N) is 1. The average Bonchev–Trinajstić information content (AvgIpc) is 3.39. The number of imidazole rings is 1. The number of aryl methyl sites for hydroxylation is 1. The van der Waals surface area contributed by atoms with Crippen molar-refractivity contribution in [1.82, 2.24) is 24.2 Å². The van der Waals surface area contributed by atoms with Crippen LogP contribution in [0.5, 0.6) is 0 Å². The minimum atomic E-state index is -0.592. The van der Waals surface area contributed by atoms with Crippen LogP contribution in [0.1, 0.15) is 24.2 Å². The Morgan fingerprint density at radius 2 is 2.19 bits per heavy atom. The third kappa shape index (κ3) is 4.11. The summed E-state index contributed by atoms with van der Waals surface area (Å²) in [7, 11) is 1.93. The molecular weight excluding hydrogens is 416 g/mol. The molecule has 2 aliphatic heterocycles. The summed E-state index contributed by atoms with van der Waals surface area (Å²) in [6.45, 7) is 3.04. The Morgan fingerprint density at radius 1 is 1.35 bits per heavy atom. The van der Waals surface area contributed by atoms with Crippen molar-refractivity contribution in [2.24, 2.45) is 7.05 Å². The van der Waals surface area contributed by atoms with Crippen LogP contribution in [0.4, 0.5) is 5.69 Å². The third-order valence-electron chi connectivity index (χ3n) is 6.07. The van der Waals surface area contributed by atoms with Gasteiger partial charge in [0.1, 0.15) is 11.4 Å². The monoisotopic (exact) mass is 440 g/mol. The lowest BCUT2D eigenvalue weighted by Gasteiger charge is -2.45. The largest absolute Gasteiger partial charge is 0.352 e. The standard InChI is InChI=1S/C22H25ClN6O2/c1-27-13-16(12-25-27)14-28-8-5-22(6-9-28)21-24-7-10-29(21)15-19(31-22)20(30)26-18-4-2-3-17(23)11-18/h2-4,7,10-13,19H,5-6,8-9,14-15H2,1H3,(H,26,30). The molecule has 2 aliphatic rings. The molecule has 8 nitrogen and oxygen atoms in total. The summed E-state index contributed by atoms with van der Waals surface area (Å²) in [4.78, 5) is 20.0. The first kappa shape index (κ1) is 20.2. The molecule has 5 rings (SSSR count). The first-order valence-electron chi connectivity index (χ1n) is 10.5. The smallest absolute Gasteiger partial charge is 0.255 e. The number of hydrogen-bond donors (Lipinski definition) is 1. The number of likely N-dealkylation sites (tertiary alicyclic amines) is 1. The third-order valence-corrected chi connectivity index (χ3v) is 6.30. The molecule has 4 heterocycles. The van der Waals surface area contributed by atoms with Crippen LogP contribution < -0.4 is 5.32 Å². The first-order valence-corrected chi connectivity index (χ1v) is 10.8. The predicted octanol–water partition coefficient (Wildman–Crippen LogP) is 2.80. The number of fused-ring (bicyclic) bond motifs is 2. The van der Waals surface area contributed by atoms with E-state index in [0.717, 1.165) is 38.3 Å². The minimum Gasteiger partial charge on any atom is -0.352 e. The van der Waals surface area contributed by atoms with E-state index in [2.05, 4.69) is 24.9 Å². The van der Waals surface area contributed by atoms with Crippen LogP contribution in [0.3, 0.4) is 0 Å². The molecule has 0 radical (unpaired) electrons. The molecule has 162 valence electrons. The number of rotatable bonds is 4. The second-order valence-electron chi connectivity index (χ2n) is 8.30. The molecule has 1 atom stereocenters. The fourth-order valence-corrected chi connectivity index (χ4v) is 4.74. The van der Waals surface area contributed by atoms with Crippen LogP contribution >= 0.6 is 11.6 Å². The Hall–Kier alpha value is -2.68.